The summed E-state index contributed by atoms with van der Waals surface area (Å²) < 4.78 is 5.08. The Morgan fingerprint density at radius 1 is 1.08 bits per heavy atom. The van der Waals surface area contributed by atoms with Crippen molar-refractivity contribution >= 4 is 35.0 Å². The van der Waals surface area contributed by atoms with Gasteiger partial charge in [-0.05, 0) is 62.2 Å². The molecule has 0 unspecified atom stereocenters. The fourth-order valence-corrected chi connectivity index (χ4v) is 2.95. The quantitative estimate of drug-likeness (QED) is 0.771. The van der Waals surface area contributed by atoms with E-state index in [0.29, 0.717) is 5.69 Å². The normalized spacial score (nSPS) is 11.5. The first-order valence-corrected chi connectivity index (χ1v) is 9.38. The minimum atomic E-state index is -0.337. The molecule has 0 bridgehead atoms. The zero-order valence-electron chi connectivity index (χ0n) is 15.5. The van der Waals surface area contributed by atoms with Gasteiger partial charge in [-0.3, -0.25) is 9.59 Å². The molecule has 0 heterocycles. The van der Waals surface area contributed by atoms with Gasteiger partial charge in [0.15, 0.2) is 0 Å². The number of benzene rings is 2. The largest absolute Gasteiger partial charge is 0.497 e. The first kappa shape index (κ1) is 19.8. The van der Waals surface area contributed by atoms with Crippen LogP contribution in [0.15, 0.2) is 42.5 Å². The van der Waals surface area contributed by atoms with Gasteiger partial charge in [0.2, 0.25) is 11.8 Å². The number of aryl methyl sites for hydroxylation is 1. The van der Waals surface area contributed by atoms with Crippen LogP contribution in [0.5, 0.6) is 5.75 Å². The van der Waals surface area contributed by atoms with E-state index in [1.54, 1.807) is 38.3 Å². The molecule has 0 fully saturated rings. The summed E-state index contributed by atoms with van der Waals surface area (Å²) in [6.07, 6.45) is 0. The van der Waals surface area contributed by atoms with E-state index in [4.69, 9.17) is 4.74 Å². The number of hydrogen-bond donors (Lipinski definition) is 2. The maximum atomic E-state index is 12.3. The average Bonchev–Trinajstić information content (AvgIpc) is 2.64. The fourth-order valence-electron chi connectivity index (χ4n) is 2.27. The van der Waals surface area contributed by atoms with Crippen LogP contribution in [-0.4, -0.2) is 29.9 Å². The summed E-state index contributed by atoms with van der Waals surface area (Å²) in [4.78, 5) is 24.4. The molecular weight excluding hydrogens is 348 g/mol. The third kappa shape index (κ3) is 5.52. The minimum Gasteiger partial charge on any atom is -0.497 e. The third-order valence-electron chi connectivity index (χ3n) is 4.07. The van der Waals surface area contributed by atoms with Crippen LogP contribution >= 0.6 is 11.8 Å². The van der Waals surface area contributed by atoms with Crippen molar-refractivity contribution in [1.29, 1.82) is 0 Å². The summed E-state index contributed by atoms with van der Waals surface area (Å²) in [5.41, 5.74) is 3.69. The molecular formula is C20H24N2O3S. The lowest BCUT2D eigenvalue weighted by atomic mass is 10.1. The van der Waals surface area contributed by atoms with Crippen LogP contribution in [0.2, 0.25) is 0 Å². The topological polar surface area (TPSA) is 67.4 Å². The van der Waals surface area contributed by atoms with Crippen molar-refractivity contribution in [3.05, 3.63) is 53.6 Å². The lowest BCUT2D eigenvalue weighted by Gasteiger charge is -2.14. The van der Waals surface area contributed by atoms with Gasteiger partial charge in [0.25, 0.3) is 0 Å². The first-order chi connectivity index (χ1) is 12.4. The van der Waals surface area contributed by atoms with Crippen molar-refractivity contribution in [2.24, 2.45) is 0 Å². The number of carbonyl (C=O) groups excluding carboxylic acids is 2. The van der Waals surface area contributed by atoms with Gasteiger partial charge < -0.3 is 15.4 Å². The molecule has 26 heavy (non-hydrogen) atoms. The van der Waals surface area contributed by atoms with Crippen LogP contribution in [0.25, 0.3) is 0 Å². The van der Waals surface area contributed by atoms with Gasteiger partial charge in [0.05, 0.1) is 18.1 Å². The molecule has 2 aromatic rings. The van der Waals surface area contributed by atoms with Crippen molar-refractivity contribution in [2.75, 3.05) is 23.5 Å². The van der Waals surface area contributed by atoms with Crippen LogP contribution in [0.1, 0.15) is 18.1 Å². The lowest BCUT2D eigenvalue weighted by Crippen LogP contribution is -2.25. The molecule has 0 saturated carbocycles. The Morgan fingerprint density at radius 2 is 1.77 bits per heavy atom. The van der Waals surface area contributed by atoms with Crippen molar-refractivity contribution in [1.82, 2.24) is 0 Å². The number of ether oxygens (including phenoxy) is 1. The van der Waals surface area contributed by atoms with Gasteiger partial charge in [0.1, 0.15) is 5.75 Å². The summed E-state index contributed by atoms with van der Waals surface area (Å²) in [6.45, 7) is 5.78. The Bertz CT molecular complexity index is 775. The maximum Gasteiger partial charge on any atom is 0.237 e. The van der Waals surface area contributed by atoms with Crippen molar-refractivity contribution < 1.29 is 14.3 Å². The highest BCUT2D eigenvalue weighted by molar-refractivity contribution is 8.01. The molecule has 2 rings (SSSR count). The SMILES string of the molecule is COc1ccc(NC(=O)CS[C@H](C)C(=O)Nc2cccc(C)c2C)cc1. The van der Waals surface area contributed by atoms with E-state index < -0.39 is 0 Å². The Hall–Kier alpha value is -2.47. The van der Waals surface area contributed by atoms with Gasteiger partial charge in [-0.2, -0.15) is 0 Å². The van der Waals surface area contributed by atoms with E-state index in [9.17, 15) is 9.59 Å². The molecule has 2 aromatic carbocycles. The molecule has 0 aliphatic carbocycles. The Labute approximate surface area is 158 Å². The summed E-state index contributed by atoms with van der Waals surface area (Å²) in [6, 6.07) is 12.9. The van der Waals surface area contributed by atoms with Gasteiger partial charge in [0, 0.05) is 11.4 Å². The molecule has 138 valence electrons. The summed E-state index contributed by atoms with van der Waals surface area (Å²) in [5, 5.41) is 5.40. The number of thioether (sulfide) groups is 1. The summed E-state index contributed by atoms with van der Waals surface area (Å²) in [5.74, 6) is 0.676. The second-order valence-electron chi connectivity index (χ2n) is 5.97. The van der Waals surface area contributed by atoms with Crippen LogP contribution in [-0.2, 0) is 9.59 Å². The Morgan fingerprint density at radius 3 is 2.42 bits per heavy atom. The second-order valence-corrected chi connectivity index (χ2v) is 7.30. The van der Waals surface area contributed by atoms with E-state index in [0.717, 1.165) is 22.6 Å². The molecule has 0 aliphatic rings. The lowest BCUT2D eigenvalue weighted by molar-refractivity contribution is -0.115. The van der Waals surface area contributed by atoms with Crippen LogP contribution in [0.3, 0.4) is 0 Å². The fraction of sp³-hybridized carbons (Fsp3) is 0.300. The number of methoxy groups -OCH3 is 1. The number of nitrogens with one attached hydrogen (secondary N) is 2. The maximum absolute atomic E-state index is 12.3. The predicted octanol–water partition coefficient (Wildman–Crippen LogP) is 4.01. The highest BCUT2D eigenvalue weighted by atomic mass is 32.2. The predicted molar refractivity (Wildman–Crippen MR) is 108 cm³/mol. The van der Waals surface area contributed by atoms with Crippen LogP contribution in [0.4, 0.5) is 11.4 Å². The van der Waals surface area contributed by atoms with Crippen molar-refractivity contribution in [2.45, 2.75) is 26.0 Å². The number of rotatable bonds is 7. The first-order valence-electron chi connectivity index (χ1n) is 8.33. The highest BCUT2D eigenvalue weighted by Crippen LogP contribution is 2.20. The molecule has 0 spiro atoms. The third-order valence-corrected chi connectivity index (χ3v) is 5.21. The highest BCUT2D eigenvalue weighted by Gasteiger charge is 2.16. The second kappa shape index (κ2) is 9.29. The molecule has 5 nitrogen and oxygen atoms in total. The monoisotopic (exact) mass is 372 g/mol. The van der Waals surface area contributed by atoms with Crippen LogP contribution in [0, 0.1) is 13.8 Å². The number of amides is 2. The molecule has 6 heteroatoms. The molecule has 0 saturated heterocycles. The van der Waals surface area contributed by atoms with Gasteiger partial charge in [-0.25, -0.2) is 0 Å². The molecule has 0 aromatic heterocycles. The van der Waals surface area contributed by atoms with E-state index in [1.165, 1.54) is 11.8 Å². The van der Waals surface area contributed by atoms with Gasteiger partial charge in [-0.15, -0.1) is 11.8 Å². The van der Waals surface area contributed by atoms with E-state index in [2.05, 4.69) is 10.6 Å². The zero-order valence-corrected chi connectivity index (χ0v) is 16.3. The summed E-state index contributed by atoms with van der Waals surface area (Å²) >= 11 is 1.30. The van der Waals surface area contributed by atoms with Crippen molar-refractivity contribution in [3.8, 4) is 5.75 Å². The Balaban J connectivity index is 1.82. The van der Waals surface area contributed by atoms with Crippen LogP contribution < -0.4 is 15.4 Å². The van der Waals surface area contributed by atoms with E-state index in [-0.39, 0.29) is 22.8 Å². The smallest absolute Gasteiger partial charge is 0.237 e. The molecule has 0 radical (unpaired) electrons. The average molecular weight is 372 g/mol. The molecule has 0 aliphatic heterocycles. The summed E-state index contributed by atoms with van der Waals surface area (Å²) in [7, 11) is 1.59. The zero-order chi connectivity index (χ0) is 19.1. The number of hydrogen-bond acceptors (Lipinski definition) is 4. The molecule has 2 amide bonds. The molecule has 1 atom stereocenters. The number of anilines is 2. The Kier molecular flexibility index (Phi) is 7.09. The molecule has 2 N–H and O–H groups in total. The standard InChI is InChI=1S/C20H24N2O3S/c1-13-6-5-7-18(14(13)2)22-20(24)15(3)26-12-19(23)21-16-8-10-17(25-4)11-9-16/h5-11,15H,12H2,1-4H3,(H,21,23)(H,22,24)/t15-/m1/s1. The van der Waals surface area contributed by atoms with Gasteiger partial charge in [-0.1, -0.05) is 12.1 Å². The number of carbonyl (C=O) groups is 2. The van der Waals surface area contributed by atoms with E-state index in [1.807, 2.05) is 32.0 Å². The minimum absolute atomic E-state index is 0.110. The van der Waals surface area contributed by atoms with Crippen molar-refractivity contribution in [3.63, 3.8) is 0 Å². The van der Waals surface area contributed by atoms with Gasteiger partial charge >= 0.3 is 0 Å². The van der Waals surface area contributed by atoms with E-state index >= 15 is 0 Å².